The van der Waals surface area contributed by atoms with E-state index < -0.39 is 22.5 Å². The predicted molar refractivity (Wildman–Crippen MR) is 62.9 cm³/mol. The van der Waals surface area contributed by atoms with Crippen LogP contribution in [0.5, 0.6) is 0 Å². The Labute approximate surface area is 110 Å². The van der Waals surface area contributed by atoms with Gasteiger partial charge < -0.3 is 0 Å². The van der Waals surface area contributed by atoms with E-state index in [0.29, 0.717) is 0 Å². The molecule has 0 spiro atoms. The van der Waals surface area contributed by atoms with Crippen LogP contribution in [-0.2, 0) is 17.0 Å². The largest absolute Gasteiger partial charge is 0.418 e. The Morgan fingerprint density at radius 2 is 1.95 bits per heavy atom. The molecule has 2 heterocycles. The zero-order valence-corrected chi connectivity index (χ0v) is 10.6. The van der Waals surface area contributed by atoms with Crippen molar-refractivity contribution in [2.45, 2.75) is 23.0 Å². The minimum Gasteiger partial charge on any atom is -0.260 e. The summed E-state index contributed by atoms with van der Waals surface area (Å²) < 4.78 is 50.3. The van der Waals surface area contributed by atoms with Gasteiger partial charge in [-0.1, -0.05) is 6.07 Å². The van der Waals surface area contributed by atoms with E-state index in [0.717, 1.165) is 6.07 Å². The van der Waals surface area contributed by atoms with E-state index in [4.69, 9.17) is 0 Å². The molecular weight excluding hydrogens is 277 g/mol. The predicted octanol–water partition coefficient (Wildman–Crippen LogP) is 2.97. The molecule has 0 amide bonds. The first kappa shape index (κ1) is 13.7. The number of rotatable bonds is 2. The normalized spacial score (nSPS) is 13.3. The van der Waals surface area contributed by atoms with Gasteiger partial charge in [0.15, 0.2) is 0 Å². The van der Waals surface area contributed by atoms with Gasteiger partial charge in [0.2, 0.25) is 0 Å². The molecule has 7 heteroatoms. The van der Waals surface area contributed by atoms with Crippen molar-refractivity contribution in [3.8, 4) is 0 Å². The van der Waals surface area contributed by atoms with Gasteiger partial charge in [-0.05, 0) is 25.1 Å². The summed E-state index contributed by atoms with van der Waals surface area (Å²) in [6.07, 6.45) is -1.91. The van der Waals surface area contributed by atoms with E-state index in [2.05, 4.69) is 9.97 Å². The van der Waals surface area contributed by atoms with E-state index in [1.807, 2.05) is 0 Å². The van der Waals surface area contributed by atoms with Crippen LogP contribution in [0.3, 0.4) is 0 Å². The zero-order valence-electron chi connectivity index (χ0n) is 9.81. The number of nitrogens with zero attached hydrogens (tertiary/aromatic N) is 2. The average Bonchev–Trinajstić information content (AvgIpc) is 2.38. The van der Waals surface area contributed by atoms with Gasteiger partial charge in [0.05, 0.1) is 10.5 Å². The van der Waals surface area contributed by atoms with E-state index >= 15 is 0 Å². The summed E-state index contributed by atoms with van der Waals surface area (Å²) in [6, 6.07) is 5.60. The highest BCUT2D eigenvalue weighted by atomic mass is 32.2. The van der Waals surface area contributed by atoms with Crippen LogP contribution in [0.15, 0.2) is 46.6 Å². The van der Waals surface area contributed by atoms with Crippen molar-refractivity contribution in [3.05, 3.63) is 47.9 Å². The minimum absolute atomic E-state index is 0.0170. The van der Waals surface area contributed by atoms with Gasteiger partial charge in [0.1, 0.15) is 15.8 Å². The van der Waals surface area contributed by atoms with Crippen molar-refractivity contribution in [3.63, 3.8) is 0 Å². The summed E-state index contributed by atoms with van der Waals surface area (Å²) in [5.74, 6) is 0. The van der Waals surface area contributed by atoms with Crippen LogP contribution >= 0.6 is 0 Å². The molecule has 0 saturated heterocycles. The molecule has 0 N–H and O–H groups in total. The lowest BCUT2D eigenvalue weighted by molar-refractivity contribution is -0.138. The Morgan fingerprint density at radius 3 is 2.53 bits per heavy atom. The molecule has 2 aromatic heterocycles. The first-order valence-electron chi connectivity index (χ1n) is 5.26. The molecule has 0 saturated carbocycles. The van der Waals surface area contributed by atoms with Crippen LogP contribution in [0.4, 0.5) is 13.2 Å². The monoisotopic (exact) mass is 286 g/mol. The third-order valence-corrected chi connectivity index (χ3v) is 3.68. The third-order valence-electron chi connectivity index (χ3n) is 2.41. The molecule has 2 aromatic rings. The summed E-state index contributed by atoms with van der Waals surface area (Å²) in [5, 5.41) is 0.196. The number of pyridine rings is 2. The summed E-state index contributed by atoms with van der Waals surface area (Å²) in [7, 11) is -1.77. The number of hydrogen-bond acceptors (Lipinski definition) is 3. The maximum absolute atomic E-state index is 12.7. The standard InChI is InChI=1S/C12H9F3N2OS/c1-8-10(12(13,14)15)6-9(7-17-8)19(18)11-4-2-3-5-16-11/h2-7H,1H3. The Morgan fingerprint density at radius 1 is 1.21 bits per heavy atom. The fourth-order valence-corrected chi connectivity index (χ4v) is 2.45. The van der Waals surface area contributed by atoms with E-state index in [9.17, 15) is 17.4 Å². The first-order valence-corrected chi connectivity index (χ1v) is 6.41. The number of alkyl halides is 3. The second kappa shape index (κ2) is 5.08. The van der Waals surface area contributed by atoms with Crippen LogP contribution in [0.1, 0.15) is 11.3 Å². The van der Waals surface area contributed by atoms with Gasteiger partial charge in [-0.3, -0.25) is 4.98 Å². The lowest BCUT2D eigenvalue weighted by Crippen LogP contribution is -2.10. The zero-order chi connectivity index (χ0) is 14.0. The quantitative estimate of drug-likeness (QED) is 0.852. The molecule has 3 nitrogen and oxygen atoms in total. The molecular formula is C12H9F3N2OS. The fourth-order valence-electron chi connectivity index (χ4n) is 1.48. The van der Waals surface area contributed by atoms with Gasteiger partial charge in [0, 0.05) is 18.1 Å². The Hall–Kier alpha value is -1.76. The molecule has 0 aromatic carbocycles. The van der Waals surface area contributed by atoms with Crippen LogP contribution in [0.2, 0.25) is 0 Å². The summed E-state index contributed by atoms with van der Waals surface area (Å²) in [5.41, 5.74) is -1.02. The van der Waals surface area contributed by atoms with Crippen molar-refractivity contribution >= 4 is 10.8 Å². The highest BCUT2D eigenvalue weighted by Crippen LogP contribution is 2.32. The van der Waals surface area contributed by atoms with E-state index in [1.165, 1.54) is 25.4 Å². The van der Waals surface area contributed by atoms with Crippen LogP contribution in [0.25, 0.3) is 0 Å². The molecule has 0 aliphatic heterocycles. The molecule has 0 bridgehead atoms. The molecule has 0 aliphatic carbocycles. The number of aromatic nitrogens is 2. The fraction of sp³-hybridized carbons (Fsp3) is 0.167. The smallest absolute Gasteiger partial charge is 0.260 e. The van der Waals surface area contributed by atoms with Crippen molar-refractivity contribution in [2.24, 2.45) is 0 Å². The molecule has 1 unspecified atom stereocenters. The van der Waals surface area contributed by atoms with E-state index in [-0.39, 0.29) is 15.6 Å². The summed E-state index contributed by atoms with van der Waals surface area (Å²) in [4.78, 5) is 7.49. The lowest BCUT2D eigenvalue weighted by atomic mass is 10.2. The highest BCUT2D eigenvalue weighted by Gasteiger charge is 2.33. The van der Waals surface area contributed by atoms with Crippen LogP contribution in [-0.4, -0.2) is 14.2 Å². The highest BCUT2D eigenvalue weighted by molar-refractivity contribution is 7.85. The summed E-state index contributed by atoms with van der Waals surface area (Å²) in [6.45, 7) is 1.26. The number of aryl methyl sites for hydroxylation is 1. The molecule has 0 radical (unpaired) electrons. The van der Waals surface area contributed by atoms with Gasteiger partial charge >= 0.3 is 6.18 Å². The molecule has 100 valence electrons. The second-order valence-electron chi connectivity index (χ2n) is 3.74. The summed E-state index contributed by atoms with van der Waals surface area (Å²) >= 11 is 0. The van der Waals surface area contributed by atoms with Crippen LogP contribution in [0, 0.1) is 6.92 Å². The molecule has 19 heavy (non-hydrogen) atoms. The van der Waals surface area contributed by atoms with Crippen molar-refractivity contribution in [1.29, 1.82) is 0 Å². The first-order chi connectivity index (χ1) is 8.89. The number of halogens is 3. The van der Waals surface area contributed by atoms with Gasteiger partial charge in [-0.2, -0.15) is 13.2 Å². The Kier molecular flexibility index (Phi) is 3.66. The average molecular weight is 286 g/mol. The maximum Gasteiger partial charge on any atom is 0.418 e. The van der Waals surface area contributed by atoms with Crippen LogP contribution < -0.4 is 0 Å². The van der Waals surface area contributed by atoms with Gasteiger partial charge in [-0.25, -0.2) is 9.19 Å². The number of hydrogen-bond donors (Lipinski definition) is 0. The topological polar surface area (TPSA) is 42.9 Å². The van der Waals surface area contributed by atoms with E-state index in [1.54, 1.807) is 12.1 Å². The lowest BCUT2D eigenvalue weighted by Gasteiger charge is -2.10. The SMILES string of the molecule is Cc1ncc(S(=O)c2ccccn2)cc1C(F)(F)F. The Bertz CT molecular complexity index is 614. The molecule has 1 atom stereocenters. The molecule has 0 fully saturated rings. The molecule has 0 aliphatic rings. The van der Waals surface area contributed by atoms with Crippen molar-refractivity contribution in [2.75, 3.05) is 0 Å². The van der Waals surface area contributed by atoms with Gasteiger partial charge in [-0.15, -0.1) is 0 Å². The van der Waals surface area contributed by atoms with Crippen molar-refractivity contribution < 1.29 is 17.4 Å². The third kappa shape index (κ3) is 2.98. The minimum atomic E-state index is -4.51. The maximum atomic E-state index is 12.7. The second-order valence-corrected chi connectivity index (χ2v) is 5.17. The Balaban J connectivity index is 2.45. The van der Waals surface area contributed by atoms with Crippen molar-refractivity contribution in [1.82, 2.24) is 9.97 Å². The molecule has 2 rings (SSSR count). The van der Waals surface area contributed by atoms with Gasteiger partial charge in [0.25, 0.3) is 0 Å².